The second-order valence-electron chi connectivity index (χ2n) is 12.4. The van der Waals surface area contributed by atoms with Gasteiger partial charge in [-0.2, -0.15) is 0 Å². The van der Waals surface area contributed by atoms with Crippen molar-refractivity contribution in [3.63, 3.8) is 0 Å². The third kappa shape index (κ3) is 8.02. The average molecular weight is 624 g/mol. The molecule has 1 unspecified atom stereocenters. The van der Waals surface area contributed by atoms with Gasteiger partial charge in [0.1, 0.15) is 6.04 Å². The highest BCUT2D eigenvalue weighted by Crippen LogP contribution is 2.31. The van der Waals surface area contributed by atoms with Crippen LogP contribution in [-0.4, -0.2) is 71.9 Å². The first kappa shape index (κ1) is 31.1. The van der Waals surface area contributed by atoms with Gasteiger partial charge in [-0.1, -0.05) is 54.9 Å². The molecule has 1 aliphatic carbocycles. The SMILES string of the molecule is CCCN(Cc1ccccc1N1CCN(C(=O)C(Cc2ccc(Cl)cc2)NC(=O)c2ccc3ncccc3c2)CC1)CC1CC1. The van der Waals surface area contributed by atoms with Crippen molar-refractivity contribution in [2.24, 2.45) is 5.92 Å². The van der Waals surface area contributed by atoms with Gasteiger partial charge >= 0.3 is 0 Å². The van der Waals surface area contributed by atoms with E-state index in [1.807, 2.05) is 53.4 Å². The molecule has 45 heavy (non-hydrogen) atoms. The Morgan fingerprint density at radius 3 is 2.51 bits per heavy atom. The molecule has 6 rings (SSSR count). The number of rotatable bonds is 12. The molecule has 2 amide bonds. The van der Waals surface area contributed by atoms with E-state index in [4.69, 9.17) is 11.6 Å². The summed E-state index contributed by atoms with van der Waals surface area (Å²) in [4.78, 5) is 38.8. The van der Waals surface area contributed by atoms with Gasteiger partial charge in [0, 0.05) is 73.5 Å². The number of hydrogen-bond donors (Lipinski definition) is 1. The maximum atomic E-state index is 14.0. The molecule has 2 fully saturated rings. The summed E-state index contributed by atoms with van der Waals surface area (Å²) < 4.78 is 0. The number of amides is 2. The highest BCUT2D eigenvalue weighted by atomic mass is 35.5. The molecule has 4 aromatic rings. The molecule has 3 aromatic carbocycles. The minimum absolute atomic E-state index is 0.0627. The third-order valence-corrected chi connectivity index (χ3v) is 9.14. The van der Waals surface area contributed by atoms with Gasteiger partial charge in [0.05, 0.1) is 5.52 Å². The maximum absolute atomic E-state index is 14.0. The van der Waals surface area contributed by atoms with Crippen molar-refractivity contribution in [2.75, 3.05) is 44.2 Å². The van der Waals surface area contributed by atoms with E-state index in [1.165, 1.54) is 30.6 Å². The van der Waals surface area contributed by atoms with Gasteiger partial charge in [-0.3, -0.25) is 19.5 Å². The number of aromatic nitrogens is 1. The summed E-state index contributed by atoms with van der Waals surface area (Å²) in [6, 6.07) is 24.7. The second kappa shape index (κ2) is 14.4. The molecular formula is C37H42ClN5O2. The molecule has 2 heterocycles. The molecule has 1 N–H and O–H groups in total. The van der Waals surface area contributed by atoms with Crippen LogP contribution >= 0.6 is 11.6 Å². The lowest BCUT2D eigenvalue weighted by Crippen LogP contribution is -2.55. The summed E-state index contributed by atoms with van der Waals surface area (Å²) in [5.74, 6) is 0.522. The smallest absolute Gasteiger partial charge is 0.251 e. The van der Waals surface area contributed by atoms with Crippen LogP contribution in [-0.2, 0) is 17.8 Å². The summed E-state index contributed by atoms with van der Waals surface area (Å²) in [6.45, 7) is 8.21. The lowest BCUT2D eigenvalue weighted by molar-refractivity contribution is -0.133. The zero-order valence-electron chi connectivity index (χ0n) is 26.0. The van der Waals surface area contributed by atoms with Crippen molar-refractivity contribution in [2.45, 2.75) is 45.2 Å². The van der Waals surface area contributed by atoms with Crippen LogP contribution in [0.1, 0.15) is 47.7 Å². The predicted octanol–water partition coefficient (Wildman–Crippen LogP) is 6.20. The molecule has 1 aliphatic heterocycles. The largest absolute Gasteiger partial charge is 0.368 e. The Balaban J connectivity index is 1.14. The van der Waals surface area contributed by atoms with Crippen LogP contribution in [0.4, 0.5) is 5.69 Å². The highest BCUT2D eigenvalue weighted by Gasteiger charge is 2.30. The van der Waals surface area contributed by atoms with Crippen LogP contribution in [0.3, 0.4) is 0 Å². The third-order valence-electron chi connectivity index (χ3n) is 8.89. The van der Waals surface area contributed by atoms with E-state index in [2.05, 4.69) is 51.3 Å². The number of carbonyl (C=O) groups excluding carboxylic acids is 2. The lowest BCUT2D eigenvalue weighted by atomic mass is 10.0. The fourth-order valence-electron chi connectivity index (χ4n) is 6.31. The molecule has 234 valence electrons. The van der Waals surface area contributed by atoms with E-state index in [-0.39, 0.29) is 11.8 Å². The molecule has 1 atom stereocenters. The first-order valence-corrected chi connectivity index (χ1v) is 16.6. The number of hydrogen-bond acceptors (Lipinski definition) is 5. The number of nitrogens with one attached hydrogen (secondary N) is 1. The number of carbonyl (C=O) groups is 2. The summed E-state index contributed by atoms with van der Waals surface area (Å²) in [7, 11) is 0. The first-order valence-electron chi connectivity index (χ1n) is 16.2. The Hall–Kier alpha value is -3.94. The summed E-state index contributed by atoms with van der Waals surface area (Å²) in [5.41, 5.74) is 4.88. The van der Waals surface area contributed by atoms with Crippen molar-refractivity contribution in [3.8, 4) is 0 Å². The number of anilines is 1. The van der Waals surface area contributed by atoms with E-state index >= 15 is 0 Å². The minimum Gasteiger partial charge on any atom is -0.368 e. The molecule has 8 heteroatoms. The molecule has 1 saturated heterocycles. The van der Waals surface area contributed by atoms with E-state index in [1.54, 1.807) is 12.3 Å². The Kier molecular flexibility index (Phi) is 9.97. The van der Waals surface area contributed by atoms with E-state index < -0.39 is 6.04 Å². The highest BCUT2D eigenvalue weighted by molar-refractivity contribution is 6.30. The molecular weight excluding hydrogens is 582 g/mol. The number of fused-ring (bicyclic) bond motifs is 1. The van der Waals surface area contributed by atoms with Crippen molar-refractivity contribution in [1.82, 2.24) is 20.1 Å². The Bertz CT molecular complexity index is 1610. The molecule has 0 bridgehead atoms. The van der Waals surface area contributed by atoms with Gasteiger partial charge in [0.25, 0.3) is 5.91 Å². The number of nitrogens with zero attached hydrogens (tertiary/aromatic N) is 4. The zero-order valence-corrected chi connectivity index (χ0v) is 26.8. The van der Waals surface area contributed by atoms with Crippen molar-refractivity contribution >= 4 is 40.0 Å². The van der Waals surface area contributed by atoms with Crippen LogP contribution < -0.4 is 10.2 Å². The monoisotopic (exact) mass is 623 g/mol. The quantitative estimate of drug-likeness (QED) is 0.204. The van der Waals surface area contributed by atoms with Crippen LogP contribution in [0.15, 0.2) is 85.1 Å². The normalized spacial score (nSPS) is 15.8. The van der Waals surface area contributed by atoms with Gasteiger partial charge in [-0.05, 0) is 85.3 Å². The number of benzene rings is 3. The molecule has 1 saturated carbocycles. The molecule has 7 nitrogen and oxygen atoms in total. The molecule has 1 aromatic heterocycles. The summed E-state index contributed by atoms with van der Waals surface area (Å²) >= 11 is 6.13. The van der Waals surface area contributed by atoms with Crippen molar-refractivity contribution in [3.05, 3.63) is 107 Å². The fourth-order valence-corrected chi connectivity index (χ4v) is 6.44. The van der Waals surface area contributed by atoms with E-state index in [0.29, 0.717) is 30.1 Å². The van der Waals surface area contributed by atoms with E-state index in [0.717, 1.165) is 55.0 Å². The van der Waals surface area contributed by atoms with Crippen LogP contribution in [0.25, 0.3) is 10.9 Å². The van der Waals surface area contributed by atoms with Gasteiger partial charge in [0.2, 0.25) is 5.91 Å². The van der Waals surface area contributed by atoms with E-state index in [9.17, 15) is 9.59 Å². The molecule has 2 aliphatic rings. The van der Waals surface area contributed by atoms with Crippen LogP contribution in [0.5, 0.6) is 0 Å². The minimum atomic E-state index is -0.702. The van der Waals surface area contributed by atoms with Crippen molar-refractivity contribution in [1.29, 1.82) is 0 Å². The fraction of sp³-hybridized carbons (Fsp3) is 0.378. The Labute approximate surface area is 271 Å². The predicted molar refractivity (Wildman–Crippen MR) is 182 cm³/mol. The summed E-state index contributed by atoms with van der Waals surface area (Å²) in [5, 5.41) is 4.58. The average Bonchev–Trinajstić information content (AvgIpc) is 3.89. The zero-order chi connectivity index (χ0) is 31.2. The maximum Gasteiger partial charge on any atom is 0.251 e. The Morgan fingerprint density at radius 1 is 0.978 bits per heavy atom. The second-order valence-corrected chi connectivity index (χ2v) is 12.8. The molecule has 0 spiro atoms. The van der Waals surface area contributed by atoms with Crippen LogP contribution in [0.2, 0.25) is 5.02 Å². The first-order chi connectivity index (χ1) is 22.0. The van der Waals surface area contributed by atoms with Gasteiger partial charge in [-0.25, -0.2) is 0 Å². The molecule has 0 radical (unpaired) electrons. The lowest BCUT2D eigenvalue weighted by Gasteiger charge is -2.39. The van der Waals surface area contributed by atoms with Gasteiger partial charge in [-0.15, -0.1) is 0 Å². The van der Waals surface area contributed by atoms with Crippen molar-refractivity contribution < 1.29 is 9.59 Å². The van der Waals surface area contributed by atoms with Gasteiger partial charge < -0.3 is 15.1 Å². The van der Waals surface area contributed by atoms with Gasteiger partial charge in [0.15, 0.2) is 0 Å². The number of halogens is 1. The van der Waals surface area contributed by atoms with Crippen LogP contribution in [0, 0.1) is 5.92 Å². The Morgan fingerprint density at radius 2 is 1.76 bits per heavy atom. The standard InChI is InChI=1S/C37H42ClN5O2/c1-2-18-41(25-28-9-10-28)26-31-6-3-4-8-35(31)42-19-21-43(22-20-42)37(45)34(23-27-11-14-32(38)15-12-27)40-36(44)30-13-16-33-29(24-30)7-5-17-39-33/h3-8,11-17,24,28,34H,2,9-10,18-23,25-26H2,1H3,(H,40,44). The number of para-hydroxylation sites is 1. The number of pyridine rings is 1. The summed E-state index contributed by atoms with van der Waals surface area (Å²) in [6.07, 6.45) is 5.99. The topological polar surface area (TPSA) is 68.8 Å². The number of piperazine rings is 1.